The summed E-state index contributed by atoms with van der Waals surface area (Å²) in [4.78, 5) is 34.0. The summed E-state index contributed by atoms with van der Waals surface area (Å²) >= 11 is 0. The van der Waals surface area contributed by atoms with E-state index in [9.17, 15) is 4.79 Å². The molecule has 11 heteroatoms. The molecule has 1 aromatic carbocycles. The van der Waals surface area contributed by atoms with Crippen LogP contribution in [0.5, 0.6) is 11.5 Å². The van der Waals surface area contributed by atoms with Crippen LogP contribution >= 0.6 is 0 Å². The molecular weight excluding hydrogens is 496 g/mol. The Bertz CT molecular complexity index is 1890. The molecule has 1 amide bonds. The van der Waals surface area contributed by atoms with Crippen molar-refractivity contribution < 1.29 is 14.3 Å². The number of benzene rings is 1. The first-order valence-electron chi connectivity index (χ1n) is 12.4. The standard InChI is InChI=1S/C28H22N8O3/c1-14(2)28(37)31-17-7-16(9-29-10-17)19-4-5-20-25(32-19)26(36-35-20)27-33-21-12-30-11-18(24(21)34-27)15-3-6-22-23(8-15)39-13-38-22/h3-12,14H,13H2,1-2H3,(H,31,37)(H,33,34)(H,35,36). The Kier molecular flexibility index (Phi) is 5.22. The minimum Gasteiger partial charge on any atom is -0.454 e. The van der Waals surface area contributed by atoms with E-state index in [2.05, 4.69) is 30.5 Å². The van der Waals surface area contributed by atoms with Gasteiger partial charge >= 0.3 is 0 Å². The van der Waals surface area contributed by atoms with E-state index >= 15 is 0 Å². The van der Waals surface area contributed by atoms with Crippen molar-refractivity contribution in [2.45, 2.75) is 13.8 Å². The minimum absolute atomic E-state index is 0.0750. The highest BCUT2D eigenvalue weighted by molar-refractivity contribution is 5.96. The molecule has 0 spiro atoms. The highest BCUT2D eigenvalue weighted by Crippen LogP contribution is 2.38. The molecule has 0 atom stereocenters. The highest BCUT2D eigenvalue weighted by atomic mass is 16.7. The topological polar surface area (TPSA) is 144 Å². The second-order valence-electron chi connectivity index (χ2n) is 9.51. The number of fused-ring (bicyclic) bond motifs is 3. The number of aromatic nitrogens is 7. The lowest BCUT2D eigenvalue weighted by atomic mass is 10.1. The maximum absolute atomic E-state index is 12.1. The number of pyridine rings is 3. The van der Waals surface area contributed by atoms with Crippen LogP contribution < -0.4 is 14.8 Å². The Morgan fingerprint density at radius 3 is 2.67 bits per heavy atom. The van der Waals surface area contributed by atoms with Crippen LogP contribution in [-0.2, 0) is 4.79 Å². The Labute approximate surface area is 221 Å². The Hall–Kier alpha value is -5.32. The summed E-state index contributed by atoms with van der Waals surface area (Å²) in [6.45, 7) is 3.89. The fourth-order valence-corrected chi connectivity index (χ4v) is 4.48. The average Bonchev–Trinajstić information content (AvgIpc) is 3.69. The molecular formula is C28H22N8O3. The maximum Gasteiger partial charge on any atom is 0.231 e. The third-order valence-electron chi connectivity index (χ3n) is 6.54. The largest absolute Gasteiger partial charge is 0.454 e. The van der Waals surface area contributed by atoms with Gasteiger partial charge in [-0.3, -0.25) is 19.9 Å². The van der Waals surface area contributed by atoms with Gasteiger partial charge in [0.1, 0.15) is 5.52 Å². The third-order valence-corrected chi connectivity index (χ3v) is 6.54. The number of aromatic amines is 2. The van der Waals surface area contributed by atoms with Crippen molar-refractivity contribution in [3.8, 4) is 45.4 Å². The summed E-state index contributed by atoms with van der Waals surface area (Å²) in [5.74, 6) is 1.76. The predicted molar refractivity (Wildman–Crippen MR) is 145 cm³/mol. The van der Waals surface area contributed by atoms with E-state index in [1.165, 1.54) is 0 Å². The zero-order chi connectivity index (χ0) is 26.5. The van der Waals surface area contributed by atoms with Crippen molar-refractivity contribution in [3.63, 3.8) is 0 Å². The second kappa shape index (κ2) is 8.91. The summed E-state index contributed by atoms with van der Waals surface area (Å²) < 4.78 is 11.0. The lowest BCUT2D eigenvalue weighted by Gasteiger charge is -2.08. The van der Waals surface area contributed by atoms with E-state index in [1.54, 1.807) is 24.8 Å². The molecule has 6 heterocycles. The fraction of sp³-hybridized carbons (Fsp3) is 0.143. The Balaban J connectivity index is 1.28. The van der Waals surface area contributed by atoms with Gasteiger partial charge in [-0.05, 0) is 35.9 Å². The summed E-state index contributed by atoms with van der Waals surface area (Å²) in [6.07, 6.45) is 6.84. The van der Waals surface area contributed by atoms with Crippen molar-refractivity contribution in [2.75, 3.05) is 12.1 Å². The SMILES string of the molecule is CC(C)C(=O)Nc1cncc(-c2ccc3[nH]nc(-c4nc5c(-c6ccc7c(c6)OCO7)cncc5[nH]4)c3n2)c1. The van der Waals surface area contributed by atoms with Crippen LogP contribution in [0.1, 0.15) is 13.8 Å². The van der Waals surface area contributed by atoms with Crippen LogP contribution in [-0.4, -0.2) is 47.8 Å². The molecule has 0 unspecified atom stereocenters. The molecule has 39 heavy (non-hydrogen) atoms. The molecule has 3 N–H and O–H groups in total. The molecule has 0 radical (unpaired) electrons. The van der Waals surface area contributed by atoms with Crippen LogP contribution in [0.2, 0.25) is 0 Å². The number of imidazole rings is 1. The van der Waals surface area contributed by atoms with Gasteiger partial charge in [-0.2, -0.15) is 5.10 Å². The second-order valence-corrected chi connectivity index (χ2v) is 9.51. The van der Waals surface area contributed by atoms with E-state index in [-0.39, 0.29) is 18.6 Å². The Morgan fingerprint density at radius 1 is 0.897 bits per heavy atom. The number of carbonyl (C=O) groups excluding carboxylic acids is 1. The molecule has 0 bridgehead atoms. The number of rotatable bonds is 5. The molecule has 0 fully saturated rings. The maximum atomic E-state index is 12.1. The number of H-pyrrole nitrogens is 2. The van der Waals surface area contributed by atoms with Gasteiger partial charge in [-0.15, -0.1) is 0 Å². The molecule has 0 aliphatic carbocycles. The van der Waals surface area contributed by atoms with Gasteiger partial charge in [0.05, 0.1) is 40.3 Å². The summed E-state index contributed by atoms with van der Waals surface area (Å²) in [7, 11) is 0. The number of ether oxygens (including phenoxy) is 2. The van der Waals surface area contributed by atoms with Crippen molar-refractivity contribution in [2.24, 2.45) is 5.92 Å². The van der Waals surface area contributed by atoms with Crippen molar-refractivity contribution in [1.29, 1.82) is 0 Å². The molecule has 5 aromatic heterocycles. The van der Waals surface area contributed by atoms with Gasteiger partial charge in [0.15, 0.2) is 23.0 Å². The van der Waals surface area contributed by atoms with Crippen LogP contribution in [0.4, 0.5) is 5.69 Å². The van der Waals surface area contributed by atoms with Crippen molar-refractivity contribution >= 4 is 33.7 Å². The quantitative estimate of drug-likeness (QED) is 0.291. The summed E-state index contributed by atoms with van der Waals surface area (Å²) in [5, 5.41) is 10.4. The number of carbonyl (C=O) groups is 1. The predicted octanol–water partition coefficient (Wildman–Crippen LogP) is 4.95. The van der Waals surface area contributed by atoms with Crippen LogP contribution in [0.25, 0.3) is 56.0 Å². The van der Waals surface area contributed by atoms with E-state index in [4.69, 9.17) is 19.4 Å². The van der Waals surface area contributed by atoms with Gasteiger partial charge in [-0.25, -0.2) is 9.97 Å². The molecule has 1 aliphatic heterocycles. The molecule has 0 saturated heterocycles. The van der Waals surface area contributed by atoms with E-state index in [0.717, 1.165) is 39.0 Å². The number of hydrogen-bond acceptors (Lipinski definition) is 8. The summed E-state index contributed by atoms with van der Waals surface area (Å²) in [5.41, 5.74) is 7.36. The lowest BCUT2D eigenvalue weighted by Crippen LogP contribution is -2.17. The number of anilines is 1. The third kappa shape index (κ3) is 4.00. The van der Waals surface area contributed by atoms with Crippen LogP contribution in [0.15, 0.2) is 61.2 Å². The van der Waals surface area contributed by atoms with Gasteiger partial charge in [0, 0.05) is 29.4 Å². The minimum atomic E-state index is -0.138. The summed E-state index contributed by atoms with van der Waals surface area (Å²) in [6, 6.07) is 11.4. The smallest absolute Gasteiger partial charge is 0.231 e. The zero-order valence-electron chi connectivity index (χ0n) is 21.0. The molecule has 6 aromatic rings. The van der Waals surface area contributed by atoms with E-state index < -0.39 is 0 Å². The first-order chi connectivity index (χ1) is 19.0. The normalized spacial score (nSPS) is 12.5. The van der Waals surface area contributed by atoms with Gasteiger partial charge in [0.2, 0.25) is 12.7 Å². The molecule has 1 aliphatic rings. The lowest BCUT2D eigenvalue weighted by molar-refractivity contribution is -0.118. The number of amides is 1. The van der Waals surface area contributed by atoms with Crippen molar-refractivity contribution in [3.05, 3.63) is 61.2 Å². The molecule has 7 rings (SSSR count). The van der Waals surface area contributed by atoms with Crippen LogP contribution in [0, 0.1) is 5.92 Å². The fourth-order valence-electron chi connectivity index (χ4n) is 4.48. The average molecular weight is 519 g/mol. The zero-order valence-corrected chi connectivity index (χ0v) is 21.0. The number of hydrogen-bond donors (Lipinski definition) is 3. The van der Waals surface area contributed by atoms with E-state index in [1.807, 2.05) is 50.2 Å². The van der Waals surface area contributed by atoms with Gasteiger partial charge in [0.25, 0.3) is 0 Å². The van der Waals surface area contributed by atoms with Gasteiger partial charge < -0.3 is 19.8 Å². The highest BCUT2D eigenvalue weighted by Gasteiger charge is 2.19. The molecule has 0 saturated carbocycles. The molecule has 192 valence electrons. The van der Waals surface area contributed by atoms with Crippen molar-refractivity contribution in [1.82, 2.24) is 35.1 Å². The molecule has 11 nitrogen and oxygen atoms in total. The van der Waals surface area contributed by atoms with E-state index in [0.29, 0.717) is 34.2 Å². The first-order valence-corrected chi connectivity index (χ1v) is 12.4. The number of nitrogens with one attached hydrogen (secondary N) is 3. The van der Waals surface area contributed by atoms with Gasteiger partial charge in [-0.1, -0.05) is 19.9 Å². The monoisotopic (exact) mass is 518 g/mol. The van der Waals surface area contributed by atoms with Crippen LogP contribution in [0.3, 0.4) is 0 Å². The number of nitrogens with zero attached hydrogens (tertiary/aromatic N) is 5. The first kappa shape index (κ1) is 22.8. The Morgan fingerprint density at radius 2 is 1.77 bits per heavy atom.